The molecule has 0 bridgehead atoms. The number of aryl methyl sites for hydroxylation is 1. The fourth-order valence-electron chi connectivity index (χ4n) is 1.92. The van der Waals surface area contributed by atoms with Gasteiger partial charge in [0.25, 0.3) is 5.91 Å². The lowest BCUT2D eigenvalue weighted by molar-refractivity contribution is 0.0639. The Labute approximate surface area is 110 Å². The highest BCUT2D eigenvalue weighted by atomic mass is 35.5. The van der Waals surface area contributed by atoms with Gasteiger partial charge in [-0.2, -0.15) is 0 Å². The minimum Gasteiger partial charge on any atom is -0.335 e. The summed E-state index contributed by atoms with van der Waals surface area (Å²) in [5.41, 5.74) is 0.582. The maximum absolute atomic E-state index is 12.1. The van der Waals surface area contributed by atoms with Gasteiger partial charge in [-0.1, -0.05) is 0 Å². The summed E-state index contributed by atoms with van der Waals surface area (Å²) in [5, 5.41) is 2.78. The Balaban J connectivity index is 1.90. The lowest BCUT2D eigenvalue weighted by Gasteiger charge is -2.33. The number of thiazole rings is 1. The first-order valence-electron chi connectivity index (χ1n) is 5.70. The van der Waals surface area contributed by atoms with E-state index in [1.165, 1.54) is 11.3 Å². The van der Waals surface area contributed by atoms with Crippen molar-refractivity contribution in [1.29, 1.82) is 0 Å². The molecular weight excluding hydrogens is 258 g/mol. The zero-order chi connectivity index (χ0) is 12.3. The minimum absolute atomic E-state index is 0.0554. The highest BCUT2D eigenvalue weighted by Gasteiger charge is 2.22. The number of alkyl halides is 1. The lowest BCUT2D eigenvalue weighted by atomic mass is 10.3. The Kier molecular flexibility index (Phi) is 4.36. The molecule has 94 valence electrons. The average Bonchev–Trinajstić information content (AvgIpc) is 2.76. The molecule has 6 heteroatoms. The molecule has 1 amide bonds. The summed E-state index contributed by atoms with van der Waals surface area (Å²) >= 11 is 7.22. The molecule has 1 aliphatic rings. The van der Waals surface area contributed by atoms with Gasteiger partial charge in [0, 0.05) is 44.0 Å². The van der Waals surface area contributed by atoms with E-state index < -0.39 is 0 Å². The Bertz CT molecular complexity index is 388. The number of carbonyl (C=O) groups is 1. The van der Waals surface area contributed by atoms with Crippen LogP contribution in [-0.2, 0) is 0 Å². The summed E-state index contributed by atoms with van der Waals surface area (Å²) in [4.78, 5) is 20.5. The number of rotatable bonds is 3. The Morgan fingerprint density at radius 1 is 1.47 bits per heavy atom. The van der Waals surface area contributed by atoms with Crippen LogP contribution >= 0.6 is 22.9 Å². The van der Waals surface area contributed by atoms with Crippen LogP contribution in [0.2, 0.25) is 0 Å². The van der Waals surface area contributed by atoms with Crippen LogP contribution in [-0.4, -0.2) is 59.3 Å². The van der Waals surface area contributed by atoms with E-state index in [1.54, 1.807) is 0 Å². The number of carbonyl (C=O) groups excluding carboxylic acids is 1. The standard InChI is InChI=1S/C11H16ClN3OS/c1-9-13-10(8-17-9)11(16)15-6-4-14(3-2-12)5-7-15/h8H,2-7H2,1H3. The van der Waals surface area contributed by atoms with Crippen LogP contribution < -0.4 is 0 Å². The molecular formula is C11H16ClN3OS. The molecule has 1 aliphatic heterocycles. The third-order valence-electron chi connectivity index (χ3n) is 2.90. The van der Waals surface area contributed by atoms with Crippen molar-refractivity contribution in [2.75, 3.05) is 38.6 Å². The number of amides is 1. The van der Waals surface area contributed by atoms with E-state index in [2.05, 4.69) is 9.88 Å². The van der Waals surface area contributed by atoms with E-state index in [0.717, 1.165) is 37.7 Å². The minimum atomic E-state index is 0.0554. The molecule has 0 unspecified atom stereocenters. The summed E-state index contributed by atoms with van der Waals surface area (Å²) in [5.74, 6) is 0.707. The van der Waals surface area contributed by atoms with E-state index in [0.29, 0.717) is 11.6 Å². The van der Waals surface area contributed by atoms with Crippen molar-refractivity contribution < 1.29 is 4.79 Å². The maximum atomic E-state index is 12.1. The third-order valence-corrected chi connectivity index (χ3v) is 3.84. The highest BCUT2D eigenvalue weighted by molar-refractivity contribution is 7.09. The van der Waals surface area contributed by atoms with Gasteiger partial charge in [0.05, 0.1) is 5.01 Å². The second-order valence-corrected chi connectivity index (χ2v) is 5.51. The Hall–Kier alpha value is -0.650. The molecule has 0 aromatic carbocycles. The molecule has 1 saturated heterocycles. The van der Waals surface area contributed by atoms with Crippen molar-refractivity contribution in [2.45, 2.75) is 6.92 Å². The zero-order valence-electron chi connectivity index (χ0n) is 9.86. The van der Waals surface area contributed by atoms with E-state index in [1.807, 2.05) is 17.2 Å². The molecule has 4 nitrogen and oxygen atoms in total. The Morgan fingerprint density at radius 3 is 2.71 bits per heavy atom. The van der Waals surface area contributed by atoms with Crippen molar-refractivity contribution in [3.63, 3.8) is 0 Å². The normalized spacial score (nSPS) is 17.4. The molecule has 1 fully saturated rings. The molecule has 0 aliphatic carbocycles. The number of halogens is 1. The van der Waals surface area contributed by atoms with E-state index in [-0.39, 0.29) is 5.91 Å². The van der Waals surface area contributed by atoms with Gasteiger partial charge < -0.3 is 4.90 Å². The highest BCUT2D eigenvalue weighted by Crippen LogP contribution is 2.12. The lowest BCUT2D eigenvalue weighted by Crippen LogP contribution is -2.49. The fourth-order valence-corrected chi connectivity index (χ4v) is 2.74. The van der Waals surface area contributed by atoms with Gasteiger partial charge in [-0.3, -0.25) is 9.69 Å². The van der Waals surface area contributed by atoms with Crippen molar-refractivity contribution >= 4 is 28.8 Å². The number of piperazine rings is 1. The summed E-state index contributed by atoms with van der Waals surface area (Å²) < 4.78 is 0. The SMILES string of the molecule is Cc1nc(C(=O)N2CCN(CCCl)CC2)cs1. The van der Waals surface area contributed by atoms with Crippen LogP contribution in [0.25, 0.3) is 0 Å². The van der Waals surface area contributed by atoms with Gasteiger partial charge in [-0.05, 0) is 6.92 Å². The Morgan fingerprint density at radius 2 is 2.18 bits per heavy atom. The van der Waals surface area contributed by atoms with E-state index in [4.69, 9.17) is 11.6 Å². The third kappa shape index (κ3) is 3.18. The van der Waals surface area contributed by atoms with Gasteiger partial charge in [-0.25, -0.2) is 4.98 Å². The molecule has 2 rings (SSSR count). The number of aromatic nitrogens is 1. The fraction of sp³-hybridized carbons (Fsp3) is 0.636. The monoisotopic (exact) mass is 273 g/mol. The smallest absolute Gasteiger partial charge is 0.273 e. The summed E-state index contributed by atoms with van der Waals surface area (Å²) in [6, 6.07) is 0. The van der Waals surface area contributed by atoms with Crippen LogP contribution in [0.15, 0.2) is 5.38 Å². The molecule has 0 N–H and O–H groups in total. The second-order valence-electron chi connectivity index (χ2n) is 4.07. The number of nitrogens with zero attached hydrogens (tertiary/aromatic N) is 3. The van der Waals surface area contributed by atoms with Crippen molar-refractivity contribution in [2.24, 2.45) is 0 Å². The molecule has 1 aromatic heterocycles. The predicted octanol–water partition coefficient (Wildman–Crippen LogP) is 1.45. The maximum Gasteiger partial charge on any atom is 0.273 e. The second kappa shape index (κ2) is 5.80. The van der Waals surface area contributed by atoms with Crippen molar-refractivity contribution in [1.82, 2.24) is 14.8 Å². The molecule has 0 saturated carbocycles. The van der Waals surface area contributed by atoms with Gasteiger partial charge >= 0.3 is 0 Å². The van der Waals surface area contributed by atoms with Gasteiger partial charge in [-0.15, -0.1) is 22.9 Å². The van der Waals surface area contributed by atoms with Gasteiger partial charge in [0.1, 0.15) is 5.69 Å². The molecule has 0 atom stereocenters. The zero-order valence-corrected chi connectivity index (χ0v) is 11.4. The number of hydrogen-bond acceptors (Lipinski definition) is 4. The van der Waals surface area contributed by atoms with Crippen LogP contribution in [0.3, 0.4) is 0 Å². The molecule has 0 spiro atoms. The topological polar surface area (TPSA) is 36.4 Å². The average molecular weight is 274 g/mol. The van der Waals surface area contributed by atoms with Crippen LogP contribution in [0.4, 0.5) is 0 Å². The molecule has 17 heavy (non-hydrogen) atoms. The van der Waals surface area contributed by atoms with Gasteiger partial charge in [0.15, 0.2) is 0 Å². The number of hydrogen-bond donors (Lipinski definition) is 0. The summed E-state index contributed by atoms with van der Waals surface area (Å²) in [7, 11) is 0. The van der Waals surface area contributed by atoms with E-state index >= 15 is 0 Å². The van der Waals surface area contributed by atoms with Crippen LogP contribution in [0.5, 0.6) is 0 Å². The first-order valence-corrected chi connectivity index (χ1v) is 7.12. The largest absolute Gasteiger partial charge is 0.335 e. The molecule has 2 heterocycles. The predicted molar refractivity (Wildman–Crippen MR) is 69.9 cm³/mol. The van der Waals surface area contributed by atoms with Gasteiger partial charge in [0.2, 0.25) is 0 Å². The summed E-state index contributed by atoms with van der Waals surface area (Å²) in [6.07, 6.45) is 0. The van der Waals surface area contributed by atoms with E-state index in [9.17, 15) is 4.79 Å². The van der Waals surface area contributed by atoms with Crippen LogP contribution in [0.1, 0.15) is 15.5 Å². The first-order chi connectivity index (χ1) is 8.20. The van der Waals surface area contributed by atoms with Crippen molar-refractivity contribution in [3.05, 3.63) is 16.1 Å². The quantitative estimate of drug-likeness (QED) is 0.782. The summed E-state index contributed by atoms with van der Waals surface area (Å²) in [6.45, 7) is 6.17. The van der Waals surface area contributed by atoms with Crippen LogP contribution in [0, 0.1) is 6.92 Å². The molecule has 0 radical (unpaired) electrons. The first kappa shape index (κ1) is 12.8. The van der Waals surface area contributed by atoms with Crippen molar-refractivity contribution in [3.8, 4) is 0 Å². The molecule has 1 aromatic rings.